The number of piperidine rings is 1. The largest absolute Gasteiger partial charge is 0.493 e. The zero-order valence-corrected chi connectivity index (χ0v) is 26.9. The molecular formula is C36H46N4O4S. The highest BCUT2D eigenvalue weighted by molar-refractivity contribution is 7.89. The number of carbonyl (C=O) groups is 1. The topological polar surface area (TPSA) is 96.2 Å². The van der Waals surface area contributed by atoms with Gasteiger partial charge in [-0.05, 0) is 67.0 Å². The minimum absolute atomic E-state index is 0.0659. The lowest BCUT2D eigenvalue weighted by atomic mass is 9.90. The smallest absolute Gasteiger partial charge is 0.243 e. The highest BCUT2D eigenvalue weighted by Crippen LogP contribution is 2.33. The van der Waals surface area contributed by atoms with Crippen molar-refractivity contribution in [3.05, 3.63) is 96.1 Å². The van der Waals surface area contributed by atoms with E-state index >= 15 is 0 Å². The molecule has 3 fully saturated rings. The Morgan fingerprint density at radius 2 is 1.38 bits per heavy atom. The van der Waals surface area contributed by atoms with Crippen LogP contribution in [-0.4, -0.2) is 79.8 Å². The Balaban J connectivity index is 1.26. The zero-order chi connectivity index (χ0) is 31.2. The zero-order valence-electron chi connectivity index (χ0n) is 26.0. The highest BCUT2D eigenvalue weighted by Gasteiger charge is 2.44. The fourth-order valence-corrected chi connectivity index (χ4v) is 8.70. The minimum Gasteiger partial charge on any atom is -0.493 e. The van der Waals surface area contributed by atoms with Gasteiger partial charge in [0.2, 0.25) is 15.9 Å². The molecule has 2 heterocycles. The Morgan fingerprint density at radius 1 is 0.778 bits per heavy atom. The molecule has 1 atom stereocenters. The number of hydrogen-bond acceptors (Lipinski definition) is 6. The Kier molecular flexibility index (Phi) is 10.2. The molecule has 0 unspecified atom stereocenters. The molecule has 0 spiro atoms. The number of rotatable bonds is 9. The molecule has 0 aromatic heterocycles. The van der Waals surface area contributed by atoms with Crippen LogP contribution in [0.2, 0.25) is 0 Å². The van der Waals surface area contributed by atoms with Crippen LogP contribution in [0, 0.1) is 5.92 Å². The predicted molar refractivity (Wildman–Crippen MR) is 176 cm³/mol. The summed E-state index contributed by atoms with van der Waals surface area (Å²) in [6.45, 7) is 2.73. The number of nitrogens with zero attached hydrogens (tertiary/aromatic N) is 3. The number of carbonyl (C=O) groups excluding carboxylic acids is 1. The molecule has 1 saturated carbocycles. The second kappa shape index (κ2) is 14.5. The number of amides is 1. The summed E-state index contributed by atoms with van der Waals surface area (Å²) in [5.41, 5.74) is 8.37. The van der Waals surface area contributed by atoms with Crippen LogP contribution >= 0.6 is 0 Å². The third-order valence-electron chi connectivity index (χ3n) is 9.74. The first-order valence-corrected chi connectivity index (χ1v) is 18.0. The first kappa shape index (κ1) is 31.7. The number of likely N-dealkylation sites (tertiary alicyclic amines) is 1. The molecular weight excluding hydrogens is 584 g/mol. The normalized spacial score (nSPS) is 21.2. The van der Waals surface area contributed by atoms with Crippen LogP contribution in [0.5, 0.6) is 5.75 Å². The second-order valence-corrected chi connectivity index (χ2v) is 14.7. The van der Waals surface area contributed by atoms with Crippen LogP contribution in [0.4, 0.5) is 0 Å². The number of benzene rings is 3. The van der Waals surface area contributed by atoms with Crippen molar-refractivity contribution >= 4 is 15.9 Å². The van der Waals surface area contributed by atoms with E-state index < -0.39 is 16.1 Å². The van der Waals surface area contributed by atoms with Gasteiger partial charge in [-0.25, -0.2) is 8.42 Å². The maximum absolute atomic E-state index is 14.2. The summed E-state index contributed by atoms with van der Waals surface area (Å²) >= 11 is 0. The number of nitrogens with two attached hydrogens (primary N) is 1. The highest BCUT2D eigenvalue weighted by atomic mass is 32.2. The van der Waals surface area contributed by atoms with E-state index in [4.69, 9.17) is 10.5 Å². The number of hydrogen-bond donors (Lipinski definition) is 1. The van der Waals surface area contributed by atoms with Gasteiger partial charge in [0, 0.05) is 38.8 Å². The molecule has 3 aromatic carbocycles. The van der Waals surface area contributed by atoms with Crippen molar-refractivity contribution in [2.24, 2.45) is 11.7 Å². The van der Waals surface area contributed by atoms with Gasteiger partial charge in [-0.15, -0.1) is 0 Å². The molecule has 9 heteroatoms. The van der Waals surface area contributed by atoms with Crippen LogP contribution in [-0.2, 0) is 14.8 Å². The van der Waals surface area contributed by atoms with Crippen molar-refractivity contribution in [1.82, 2.24) is 14.1 Å². The average Bonchev–Trinajstić information content (AvgIpc) is 3.09. The summed E-state index contributed by atoms with van der Waals surface area (Å²) in [6.07, 6.45) is 7.60. The standard InChI is InChI=1S/C36H46N4O4S/c37-31-20-22-38(23-21-31)36(41)34-26-39(35(29-12-6-2-7-13-29)30-14-8-3-9-15-30)24-25-40(34)45(42,43)33-18-16-32(17-19-33)44-27-28-10-4-1-5-11-28/h2-3,6-9,12-19,28,31,34-35H,1,4-5,10-11,20-27,37H2/t34-/m0/s1. The third kappa shape index (κ3) is 7.43. The maximum atomic E-state index is 14.2. The lowest BCUT2D eigenvalue weighted by molar-refractivity contribution is -0.138. The molecule has 1 aliphatic carbocycles. The number of ether oxygens (including phenoxy) is 1. The quantitative estimate of drug-likeness (QED) is 0.355. The van der Waals surface area contributed by atoms with Crippen molar-refractivity contribution in [2.75, 3.05) is 39.3 Å². The maximum Gasteiger partial charge on any atom is 0.243 e. The van der Waals surface area contributed by atoms with Crippen LogP contribution in [0.25, 0.3) is 0 Å². The first-order chi connectivity index (χ1) is 21.9. The molecule has 0 bridgehead atoms. The number of sulfonamides is 1. The first-order valence-electron chi connectivity index (χ1n) is 16.5. The van der Waals surface area contributed by atoms with Crippen LogP contribution in [0.15, 0.2) is 89.8 Å². The van der Waals surface area contributed by atoms with E-state index in [0.717, 1.165) is 11.1 Å². The van der Waals surface area contributed by atoms with Gasteiger partial charge in [0.15, 0.2) is 0 Å². The monoisotopic (exact) mass is 630 g/mol. The Morgan fingerprint density at radius 3 is 1.98 bits per heavy atom. The lowest BCUT2D eigenvalue weighted by Gasteiger charge is -2.45. The van der Waals surface area contributed by atoms with Gasteiger partial charge < -0.3 is 15.4 Å². The van der Waals surface area contributed by atoms with Crippen molar-refractivity contribution in [2.45, 2.75) is 68.0 Å². The van der Waals surface area contributed by atoms with Gasteiger partial charge in [0.05, 0.1) is 17.5 Å². The Hall–Kier alpha value is -3.24. The van der Waals surface area contributed by atoms with Gasteiger partial charge in [0.25, 0.3) is 0 Å². The third-order valence-corrected chi connectivity index (χ3v) is 11.7. The molecule has 6 rings (SSSR count). The van der Waals surface area contributed by atoms with Crippen LogP contribution < -0.4 is 10.5 Å². The van der Waals surface area contributed by atoms with Crippen LogP contribution in [0.1, 0.15) is 62.1 Å². The second-order valence-electron chi connectivity index (χ2n) is 12.8. The van der Waals surface area contributed by atoms with Gasteiger partial charge in [-0.3, -0.25) is 9.69 Å². The van der Waals surface area contributed by atoms with Gasteiger partial charge in [-0.2, -0.15) is 4.31 Å². The van der Waals surface area contributed by atoms with Gasteiger partial charge in [-0.1, -0.05) is 79.9 Å². The predicted octanol–water partition coefficient (Wildman–Crippen LogP) is 5.06. The van der Waals surface area contributed by atoms with Crippen molar-refractivity contribution in [3.8, 4) is 5.75 Å². The van der Waals surface area contributed by atoms with Gasteiger partial charge >= 0.3 is 0 Å². The molecule has 240 valence electrons. The SMILES string of the molecule is NC1CCN(C(=O)[C@@H]2CN(C(c3ccccc3)c3ccccc3)CCN2S(=O)(=O)c2ccc(OCC3CCCCC3)cc2)CC1. The Labute approximate surface area is 268 Å². The fraction of sp³-hybridized carbons (Fsp3) is 0.472. The fourth-order valence-electron chi connectivity index (χ4n) is 7.14. The molecule has 8 nitrogen and oxygen atoms in total. The van der Waals surface area contributed by atoms with E-state index in [0.29, 0.717) is 50.8 Å². The van der Waals surface area contributed by atoms with E-state index in [9.17, 15) is 13.2 Å². The molecule has 45 heavy (non-hydrogen) atoms. The summed E-state index contributed by atoms with van der Waals surface area (Å²) in [4.78, 5) is 18.5. The molecule has 0 radical (unpaired) electrons. The van der Waals surface area contributed by atoms with E-state index in [-0.39, 0.29) is 36.0 Å². The van der Waals surface area contributed by atoms with Crippen molar-refractivity contribution in [3.63, 3.8) is 0 Å². The number of piperazine rings is 1. The van der Waals surface area contributed by atoms with Crippen LogP contribution in [0.3, 0.4) is 0 Å². The molecule has 1 amide bonds. The summed E-state index contributed by atoms with van der Waals surface area (Å²) < 4.78 is 36.0. The lowest BCUT2D eigenvalue weighted by Crippen LogP contribution is -2.62. The van der Waals surface area contributed by atoms with E-state index in [1.165, 1.54) is 36.4 Å². The summed E-state index contributed by atoms with van der Waals surface area (Å²) in [7, 11) is -3.96. The van der Waals surface area contributed by atoms with E-state index in [1.807, 2.05) is 41.3 Å². The summed E-state index contributed by atoms with van der Waals surface area (Å²) in [5.74, 6) is 1.09. The van der Waals surface area contributed by atoms with Gasteiger partial charge in [0.1, 0.15) is 11.8 Å². The summed E-state index contributed by atoms with van der Waals surface area (Å²) in [6, 6.07) is 26.3. The molecule has 3 aromatic rings. The minimum atomic E-state index is -3.96. The molecule has 3 aliphatic rings. The van der Waals surface area contributed by atoms with E-state index in [1.54, 1.807) is 24.3 Å². The molecule has 2 aliphatic heterocycles. The Bertz CT molecular complexity index is 1450. The summed E-state index contributed by atoms with van der Waals surface area (Å²) in [5, 5.41) is 0. The van der Waals surface area contributed by atoms with Crippen molar-refractivity contribution < 1.29 is 17.9 Å². The van der Waals surface area contributed by atoms with E-state index in [2.05, 4.69) is 29.2 Å². The molecule has 2 saturated heterocycles. The average molecular weight is 631 g/mol. The van der Waals surface area contributed by atoms with Crippen molar-refractivity contribution in [1.29, 1.82) is 0 Å². The molecule has 2 N–H and O–H groups in total.